The van der Waals surface area contributed by atoms with Gasteiger partial charge in [0.05, 0.1) is 12.4 Å². The van der Waals surface area contributed by atoms with E-state index in [9.17, 15) is 9.59 Å². The molecule has 0 bridgehead atoms. The molecular weight excluding hydrogens is 531 g/mol. The number of hydrazone groups is 2. The minimum Gasteiger partial charge on any atom is -0.412 e. The van der Waals surface area contributed by atoms with Gasteiger partial charge in [-0.3, -0.25) is 19.6 Å². The Hall–Kier alpha value is -4.48. The zero-order valence-electron chi connectivity index (χ0n) is 19.8. The molecule has 0 aliphatic carbocycles. The molecule has 0 saturated carbocycles. The Bertz CT molecular complexity index is 1220. The molecule has 2 heterocycles. The first-order chi connectivity index (χ1) is 17.5. The molecule has 0 aliphatic heterocycles. The van der Waals surface area contributed by atoms with Crippen LogP contribution in [-0.4, -0.2) is 45.2 Å². The van der Waals surface area contributed by atoms with Gasteiger partial charge in [-0.1, -0.05) is 47.5 Å². The summed E-state index contributed by atoms with van der Waals surface area (Å²) in [6, 6.07) is 20.7. The van der Waals surface area contributed by atoms with E-state index in [2.05, 4.69) is 31.0 Å². The van der Waals surface area contributed by atoms with Crippen LogP contribution in [0.3, 0.4) is 0 Å². The maximum atomic E-state index is 11.6. The van der Waals surface area contributed by atoms with Crippen LogP contribution in [0.2, 0.25) is 10.0 Å². The van der Waals surface area contributed by atoms with Gasteiger partial charge in [0.1, 0.15) is 0 Å². The van der Waals surface area contributed by atoms with Gasteiger partial charge in [0.2, 0.25) is 0 Å². The van der Waals surface area contributed by atoms with Gasteiger partial charge >= 0.3 is 0 Å². The number of nitrogens with one attached hydrogen (secondary N) is 2. The largest absolute Gasteiger partial charge is 0.412 e. The first-order valence-electron chi connectivity index (χ1n) is 10.5. The van der Waals surface area contributed by atoms with E-state index in [-0.39, 0.29) is 22.8 Å². The van der Waals surface area contributed by atoms with Crippen molar-refractivity contribution in [3.8, 4) is 0 Å². The minimum absolute atomic E-state index is 0. The average Bonchev–Trinajstić information content (AvgIpc) is 2.92. The highest BCUT2D eigenvalue weighted by Gasteiger charge is 2.02. The smallest absolute Gasteiger partial charge is 0.271 e. The SMILES string of the molecule is O.O.O=C(N/N=C/c1ccc(Cl)cc1)c1ccncc1.O=C(N/N=C/c1ccc(Cl)cc1)c1ccncc1. The number of amides is 2. The highest BCUT2D eigenvalue weighted by Crippen LogP contribution is 2.08. The molecule has 196 valence electrons. The van der Waals surface area contributed by atoms with E-state index in [4.69, 9.17) is 23.2 Å². The van der Waals surface area contributed by atoms with Gasteiger partial charge in [-0.25, -0.2) is 10.9 Å². The Labute approximate surface area is 228 Å². The monoisotopic (exact) mass is 554 g/mol. The van der Waals surface area contributed by atoms with Crippen LogP contribution in [0.5, 0.6) is 0 Å². The lowest BCUT2D eigenvalue weighted by Gasteiger charge is -1.98. The Kier molecular flexibility index (Phi) is 14.2. The number of carbonyl (C=O) groups is 2. The Morgan fingerprint density at radius 2 is 0.895 bits per heavy atom. The number of hydrogen-bond donors (Lipinski definition) is 2. The summed E-state index contributed by atoms with van der Waals surface area (Å²) in [5, 5.41) is 9.04. The third-order valence-corrected chi connectivity index (χ3v) is 4.89. The highest BCUT2D eigenvalue weighted by atomic mass is 35.5. The van der Waals surface area contributed by atoms with Crippen LogP contribution in [0.4, 0.5) is 0 Å². The standard InChI is InChI=1S/2C13H10ClN3O.2H2O/c2*14-12-3-1-10(2-4-12)9-16-17-13(18)11-5-7-15-8-6-11;;/h2*1-9H,(H,17,18);2*1H2/b2*16-9+;;. The molecule has 2 amide bonds. The Balaban J connectivity index is 0.000000361. The molecule has 0 saturated heterocycles. The predicted molar refractivity (Wildman–Crippen MR) is 149 cm³/mol. The van der Waals surface area contributed by atoms with Crippen molar-refractivity contribution in [1.29, 1.82) is 0 Å². The maximum absolute atomic E-state index is 11.6. The topological polar surface area (TPSA) is 172 Å². The number of rotatable bonds is 6. The molecule has 0 spiro atoms. The highest BCUT2D eigenvalue weighted by molar-refractivity contribution is 6.30. The van der Waals surface area contributed by atoms with Crippen LogP contribution in [0.1, 0.15) is 31.8 Å². The van der Waals surface area contributed by atoms with Crippen molar-refractivity contribution in [2.45, 2.75) is 0 Å². The fraction of sp³-hybridized carbons (Fsp3) is 0. The van der Waals surface area contributed by atoms with Crippen molar-refractivity contribution < 1.29 is 20.5 Å². The molecule has 4 aromatic rings. The molecule has 10 nitrogen and oxygen atoms in total. The summed E-state index contributed by atoms with van der Waals surface area (Å²) < 4.78 is 0. The van der Waals surface area contributed by atoms with E-state index in [1.807, 2.05) is 24.3 Å². The quantitative estimate of drug-likeness (QED) is 0.275. The van der Waals surface area contributed by atoms with Gasteiger partial charge in [-0.15, -0.1) is 0 Å². The van der Waals surface area contributed by atoms with E-state index < -0.39 is 0 Å². The van der Waals surface area contributed by atoms with Crippen molar-refractivity contribution in [2.75, 3.05) is 0 Å². The second-order valence-electron chi connectivity index (χ2n) is 6.97. The molecule has 0 fully saturated rings. The van der Waals surface area contributed by atoms with Gasteiger partial charge < -0.3 is 11.0 Å². The number of carbonyl (C=O) groups excluding carboxylic acids is 2. The average molecular weight is 555 g/mol. The third kappa shape index (κ3) is 11.1. The van der Waals surface area contributed by atoms with Crippen molar-refractivity contribution in [3.05, 3.63) is 130 Å². The number of halogens is 2. The number of benzene rings is 2. The summed E-state index contributed by atoms with van der Waals surface area (Å²) in [4.78, 5) is 30.9. The first kappa shape index (κ1) is 31.5. The van der Waals surface area contributed by atoms with Crippen LogP contribution >= 0.6 is 23.2 Å². The van der Waals surface area contributed by atoms with Crippen molar-refractivity contribution in [1.82, 2.24) is 20.8 Å². The third-order valence-electron chi connectivity index (χ3n) is 4.38. The van der Waals surface area contributed by atoms with Crippen molar-refractivity contribution >= 4 is 47.4 Å². The van der Waals surface area contributed by atoms with E-state index in [0.29, 0.717) is 21.2 Å². The molecule has 12 heteroatoms. The van der Waals surface area contributed by atoms with Gasteiger partial charge in [-0.05, 0) is 59.7 Å². The lowest BCUT2D eigenvalue weighted by molar-refractivity contribution is 0.0947. The molecule has 0 radical (unpaired) electrons. The summed E-state index contributed by atoms with van der Waals surface area (Å²) in [6.07, 6.45) is 9.32. The Morgan fingerprint density at radius 3 is 1.21 bits per heavy atom. The first-order valence-corrected chi connectivity index (χ1v) is 11.2. The zero-order valence-corrected chi connectivity index (χ0v) is 21.3. The fourth-order valence-electron chi connectivity index (χ4n) is 2.56. The normalized spacial score (nSPS) is 9.95. The molecule has 6 N–H and O–H groups in total. The van der Waals surface area contributed by atoms with Gasteiger partial charge in [0.15, 0.2) is 0 Å². The van der Waals surface area contributed by atoms with Crippen LogP contribution < -0.4 is 10.9 Å². The minimum atomic E-state index is -0.275. The number of hydrogen-bond acceptors (Lipinski definition) is 6. The molecular formula is C26H24Cl2N6O4. The number of nitrogens with zero attached hydrogens (tertiary/aromatic N) is 4. The van der Waals surface area contributed by atoms with Crippen molar-refractivity contribution in [2.24, 2.45) is 10.2 Å². The second kappa shape index (κ2) is 17.1. The zero-order chi connectivity index (χ0) is 25.6. The van der Waals surface area contributed by atoms with E-state index in [1.165, 1.54) is 0 Å². The molecule has 0 aliphatic rings. The van der Waals surface area contributed by atoms with E-state index >= 15 is 0 Å². The molecule has 2 aromatic carbocycles. The van der Waals surface area contributed by atoms with Crippen LogP contribution in [0, 0.1) is 0 Å². The van der Waals surface area contributed by atoms with E-state index in [0.717, 1.165) is 11.1 Å². The second-order valence-corrected chi connectivity index (χ2v) is 7.85. The molecule has 0 unspecified atom stereocenters. The summed E-state index contributed by atoms with van der Waals surface area (Å²) in [7, 11) is 0. The molecule has 38 heavy (non-hydrogen) atoms. The lowest BCUT2D eigenvalue weighted by atomic mass is 10.2. The van der Waals surface area contributed by atoms with E-state index in [1.54, 1.807) is 85.7 Å². The molecule has 2 aromatic heterocycles. The van der Waals surface area contributed by atoms with Gasteiger partial charge in [0.25, 0.3) is 11.8 Å². The molecule has 0 atom stereocenters. The summed E-state index contributed by atoms with van der Waals surface area (Å²) in [5.41, 5.74) is 7.60. The Morgan fingerprint density at radius 1 is 0.579 bits per heavy atom. The number of aromatic nitrogens is 2. The maximum Gasteiger partial charge on any atom is 0.271 e. The van der Waals surface area contributed by atoms with Gasteiger partial charge in [-0.2, -0.15) is 10.2 Å². The fourth-order valence-corrected chi connectivity index (χ4v) is 2.82. The molecule has 4 rings (SSSR count). The summed E-state index contributed by atoms with van der Waals surface area (Å²) in [5.74, 6) is -0.551. The summed E-state index contributed by atoms with van der Waals surface area (Å²) >= 11 is 11.5. The predicted octanol–water partition coefficient (Wildman–Crippen LogP) is 3.35. The lowest BCUT2D eigenvalue weighted by Crippen LogP contribution is -2.17. The summed E-state index contributed by atoms with van der Waals surface area (Å²) in [6.45, 7) is 0. The number of pyridine rings is 2. The van der Waals surface area contributed by atoms with Gasteiger partial charge in [0, 0.05) is 46.0 Å². The van der Waals surface area contributed by atoms with Crippen LogP contribution in [-0.2, 0) is 0 Å². The van der Waals surface area contributed by atoms with Crippen molar-refractivity contribution in [3.63, 3.8) is 0 Å². The van der Waals surface area contributed by atoms with Crippen LogP contribution in [0.25, 0.3) is 0 Å². The van der Waals surface area contributed by atoms with Crippen LogP contribution in [0.15, 0.2) is 108 Å².